The van der Waals surface area contributed by atoms with Gasteiger partial charge in [-0.1, -0.05) is 36.4 Å². The lowest BCUT2D eigenvalue weighted by atomic mass is 10.2. The Kier molecular flexibility index (Phi) is 5.51. The standard InChI is InChI=1S/C21H24N6O/c1-28-19-10-6-5-7-17(19)15-22-21-24-20(16-23-25-21)27-13-11-26(12-14-27)18-8-3-2-4-9-18/h2-10,16H,11-15H2,1H3,(H,22,24,25). The molecule has 1 aliphatic heterocycles. The number of para-hydroxylation sites is 2. The Bertz CT molecular complexity index is 896. The van der Waals surface area contributed by atoms with Gasteiger partial charge in [-0.05, 0) is 18.2 Å². The lowest BCUT2D eigenvalue weighted by molar-refractivity contribution is 0.410. The van der Waals surface area contributed by atoms with Gasteiger partial charge in [0.15, 0.2) is 5.82 Å². The second-order valence-corrected chi connectivity index (χ2v) is 6.61. The third kappa shape index (κ3) is 4.14. The number of hydrogen-bond acceptors (Lipinski definition) is 7. The van der Waals surface area contributed by atoms with Gasteiger partial charge in [-0.25, -0.2) is 0 Å². The van der Waals surface area contributed by atoms with Crippen LogP contribution in [-0.2, 0) is 6.54 Å². The first-order valence-electron chi connectivity index (χ1n) is 9.44. The summed E-state index contributed by atoms with van der Waals surface area (Å²) in [6, 6.07) is 18.4. The SMILES string of the molecule is COc1ccccc1CNc1nncc(N2CCN(c3ccccc3)CC2)n1. The fourth-order valence-corrected chi connectivity index (χ4v) is 3.38. The minimum atomic E-state index is 0.522. The summed E-state index contributed by atoms with van der Waals surface area (Å²) in [6.45, 7) is 4.30. The van der Waals surface area contributed by atoms with E-state index in [1.807, 2.05) is 30.3 Å². The summed E-state index contributed by atoms with van der Waals surface area (Å²) in [5.41, 5.74) is 2.32. The molecule has 1 N–H and O–H groups in total. The van der Waals surface area contributed by atoms with Crippen molar-refractivity contribution in [1.82, 2.24) is 15.2 Å². The minimum absolute atomic E-state index is 0.522. The second kappa shape index (κ2) is 8.56. The first-order chi connectivity index (χ1) is 13.8. The quantitative estimate of drug-likeness (QED) is 0.709. The third-order valence-corrected chi connectivity index (χ3v) is 4.90. The molecular formula is C21H24N6O. The van der Waals surface area contributed by atoms with Gasteiger partial charge >= 0.3 is 0 Å². The van der Waals surface area contributed by atoms with Gasteiger partial charge in [-0.15, -0.1) is 5.10 Å². The fourth-order valence-electron chi connectivity index (χ4n) is 3.38. The van der Waals surface area contributed by atoms with Gasteiger partial charge in [0.05, 0.1) is 13.3 Å². The Hall–Kier alpha value is -3.35. The van der Waals surface area contributed by atoms with Crippen molar-refractivity contribution in [3.05, 3.63) is 66.4 Å². The van der Waals surface area contributed by atoms with Gasteiger partial charge in [0.1, 0.15) is 5.75 Å². The maximum Gasteiger partial charge on any atom is 0.244 e. The van der Waals surface area contributed by atoms with E-state index in [0.29, 0.717) is 12.5 Å². The number of aromatic nitrogens is 3. The first kappa shape index (κ1) is 18.0. The van der Waals surface area contributed by atoms with Gasteiger partial charge in [-0.2, -0.15) is 10.1 Å². The highest BCUT2D eigenvalue weighted by molar-refractivity contribution is 5.49. The summed E-state index contributed by atoms with van der Waals surface area (Å²) in [6.07, 6.45) is 1.73. The van der Waals surface area contributed by atoms with Gasteiger partial charge in [0.2, 0.25) is 5.95 Å². The third-order valence-electron chi connectivity index (χ3n) is 4.90. The number of anilines is 3. The van der Waals surface area contributed by atoms with Crippen LogP contribution in [0, 0.1) is 0 Å². The molecule has 0 radical (unpaired) electrons. The summed E-state index contributed by atoms with van der Waals surface area (Å²) in [5.74, 6) is 2.22. The molecule has 7 nitrogen and oxygen atoms in total. The molecule has 2 aromatic carbocycles. The summed E-state index contributed by atoms with van der Waals surface area (Å²) in [4.78, 5) is 9.29. The molecule has 4 rings (SSSR count). The molecule has 0 aliphatic carbocycles. The van der Waals surface area contributed by atoms with Crippen LogP contribution in [0.3, 0.4) is 0 Å². The van der Waals surface area contributed by atoms with Crippen LogP contribution in [0.15, 0.2) is 60.8 Å². The van der Waals surface area contributed by atoms with E-state index < -0.39 is 0 Å². The topological polar surface area (TPSA) is 66.4 Å². The van der Waals surface area contributed by atoms with Crippen LogP contribution >= 0.6 is 0 Å². The van der Waals surface area contributed by atoms with Crippen LogP contribution in [0.1, 0.15) is 5.56 Å². The summed E-state index contributed by atoms with van der Waals surface area (Å²) < 4.78 is 5.39. The number of methoxy groups -OCH3 is 1. The van der Waals surface area contributed by atoms with Crippen LogP contribution in [0.5, 0.6) is 5.75 Å². The highest BCUT2D eigenvalue weighted by Crippen LogP contribution is 2.20. The lowest BCUT2D eigenvalue weighted by Crippen LogP contribution is -2.46. The summed E-state index contributed by atoms with van der Waals surface area (Å²) in [5, 5.41) is 11.5. The molecule has 1 fully saturated rings. The number of rotatable bonds is 6. The average Bonchev–Trinajstić information content (AvgIpc) is 2.79. The summed E-state index contributed by atoms with van der Waals surface area (Å²) in [7, 11) is 1.67. The van der Waals surface area contributed by atoms with Gasteiger partial charge in [-0.3, -0.25) is 0 Å². The summed E-state index contributed by atoms with van der Waals surface area (Å²) >= 11 is 0. The minimum Gasteiger partial charge on any atom is -0.496 e. The van der Waals surface area contributed by atoms with Crippen molar-refractivity contribution in [2.24, 2.45) is 0 Å². The Morgan fingerprint density at radius 1 is 0.929 bits per heavy atom. The number of ether oxygens (including phenoxy) is 1. The molecule has 1 aromatic heterocycles. The Labute approximate surface area is 165 Å². The molecule has 2 heterocycles. The maximum absolute atomic E-state index is 5.39. The maximum atomic E-state index is 5.39. The van der Waals surface area contributed by atoms with Crippen LogP contribution in [0.25, 0.3) is 0 Å². The zero-order chi connectivity index (χ0) is 19.2. The van der Waals surface area contributed by atoms with Crippen molar-refractivity contribution in [2.75, 3.05) is 48.4 Å². The highest BCUT2D eigenvalue weighted by Gasteiger charge is 2.19. The number of nitrogens with one attached hydrogen (secondary N) is 1. The average molecular weight is 376 g/mol. The Balaban J connectivity index is 1.38. The zero-order valence-electron chi connectivity index (χ0n) is 16.0. The van der Waals surface area contributed by atoms with E-state index in [9.17, 15) is 0 Å². The van der Waals surface area contributed by atoms with Crippen LogP contribution in [-0.4, -0.2) is 48.5 Å². The van der Waals surface area contributed by atoms with E-state index in [4.69, 9.17) is 4.74 Å². The largest absolute Gasteiger partial charge is 0.496 e. The molecule has 3 aromatic rings. The molecule has 1 saturated heterocycles. The van der Waals surface area contributed by atoms with E-state index in [1.165, 1.54) is 5.69 Å². The molecule has 0 saturated carbocycles. The molecule has 0 amide bonds. The van der Waals surface area contributed by atoms with E-state index in [-0.39, 0.29) is 0 Å². The van der Waals surface area contributed by atoms with Crippen LogP contribution in [0.2, 0.25) is 0 Å². The number of piperazine rings is 1. The Morgan fingerprint density at radius 2 is 1.64 bits per heavy atom. The zero-order valence-corrected chi connectivity index (χ0v) is 16.0. The van der Waals surface area contributed by atoms with E-state index in [0.717, 1.165) is 43.3 Å². The second-order valence-electron chi connectivity index (χ2n) is 6.61. The molecule has 1 aliphatic rings. The van der Waals surface area contributed by atoms with E-state index in [2.05, 4.69) is 54.6 Å². The number of hydrogen-bond donors (Lipinski definition) is 1. The van der Waals surface area contributed by atoms with Crippen molar-refractivity contribution in [2.45, 2.75) is 6.54 Å². The van der Waals surface area contributed by atoms with Crippen molar-refractivity contribution >= 4 is 17.5 Å². The predicted octanol–water partition coefficient (Wildman–Crippen LogP) is 2.82. The normalized spacial score (nSPS) is 14.0. The van der Waals surface area contributed by atoms with Gasteiger partial charge in [0.25, 0.3) is 0 Å². The first-order valence-corrected chi connectivity index (χ1v) is 9.44. The monoisotopic (exact) mass is 376 g/mol. The van der Waals surface area contributed by atoms with Crippen LogP contribution in [0.4, 0.5) is 17.5 Å². The van der Waals surface area contributed by atoms with Gasteiger partial charge in [0, 0.05) is 44.0 Å². The molecule has 0 spiro atoms. The van der Waals surface area contributed by atoms with Crippen molar-refractivity contribution < 1.29 is 4.74 Å². The van der Waals surface area contributed by atoms with Crippen molar-refractivity contribution in [3.63, 3.8) is 0 Å². The van der Waals surface area contributed by atoms with E-state index in [1.54, 1.807) is 13.3 Å². The molecule has 0 atom stereocenters. The highest BCUT2D eigenvalue weighted by atomic mass is 16.5. The molecule has 28 heavy (non-hydrogen) atoms. The molecule has 144 valence electrons. The number of nitrogens with zero attached hydrogens (tertiary/aromatic N) is 5. The fraction of sp³-hybridized carbons (Fsp3) is 0.286. The molecule has 0 unspecified atom stereocenters. The van der Waals surface area contributed by atoms with E-state index >= 15 is 0 Å². The van der Waals surface area contributed by atoms with Crippen LogP contribution < -0.4 is 19.9 Å². The molecular weight excluding hydrogens is 352 g/mol. The smallest absolute Gasteiger partial charge is 0.244 e. The molecule has 7 heteroatoms. The van der Waals surface area contributed by atoms with Crippen molar-refractivity contribution in [1.29, 1.82) is 0 Å². The number of benzene rings is 2. The van der Waals surface area contributed by atoms with Crippen molar-refractivity contribution in [3.8, 4) is 5.75 Å². The lowest BCUT2D eigenvalue weighted by Gasteiger charge is -2.36. The van der Waals surface area contributed by atoms with Gasteiger partial charge < -0.3 is 19.9 Å². The Morgan fingerprint density at radius 3 is 2.43 bits per heavy atom. The molecule has 0 bridgehead atoms. The predicted molar refractivity (Wildman–Crippen MR) is 111 cm³/mol.